The maximum Gasteiger partial charge on any atom is 0.320 e. The molecule has 2 atom stereocenters. The smallest absolute Gasteiger partial charge is 0.320 e. The topological polar surface area (TPSA) is 106 Å². The van der Waals surface area contributed by atoms with Crippen molar-refractivity contribution in [1.82, 2.24) is 29.9 Å². The van der Waals surface area contributed by atoms with Gasteiger partial charge in [0.1, 0.15) is 29.8 Å². The van der Waals surface area contributed by atoms with Gasteiger partial charge < -0.3 is 10.1 Å². The lowest BCUT2D eigenvalue weighted by atomic mass is 9.85. The molecule has 0 saturated heterocycles. The molecule has 4 aromatic rings. The van der Waals surface area contributed by atoms with Gasteiger partial charge in [0.25, 0.3) is 0 Å². The molecule has 1 aliphatic rings. The number of ether oxygens (including phenoxy) is 1. The number of nitrogens with one attached hydrogen (secondary N) is 2. The molecule has 5 rings (SSSR count). The average molecular weight is 472 g/mol. The van der Waals surface area contributed by atoms with E-state index in [0.29, 0.717) is 11.6 Å². The van der Waals surface area contributed by atoms with Gasteiger partial charge in [0, 0.05) is 11.5 Å². The molecule has 2 N–H and O–H groups in total. The second kappa shape index (κ2) is 8.98. The molecule has 0 radical (unpaired) electrons. The normalized spacial score (nSPS) is 17.6. The lowest BCUT2D eigenvalue weighted by Gasteiger charge is -2.32. The van der Waals surface area contributed by atoms with E-state index in [0.717, 1.165) is 41.1 Å². The number of aromatic nitrogens is 5. The quantitative estimate of drug-likeness (QED) is 0.438. The van der Waals surface area contributed by atoms with Crippen molar-refractivity contribution in [1.29, 1.82) is 0 Å². The average Bonchev–Trinajstić information content (AvgIpc) is 3.28. The summed E-state index contributed by atoms with van der Waals surface area (Å²) in [6.07, 6.45) is 4.94. The van der Waals surface area contributed by atoms with Gasteiger partial charge in [-0.2, -0.15) is 0 Å². The van der Waals surface area contributed by atoms with E-state index >= 15 is 0 Å². The molecule has 1 aromatic carbocycles. The van der Waals surface area contributed by atoms with Crippen LogP contribution in [0.5, 0.6) is 5.75 Å². The molecule has 2 amide bonds. The van der Waals surface area contributed by atoms with Crippen LogP contribution in [0.4, 0.5) is 10.6 Å². The van der Waals surface area contributed by atoms with Crippen LogP contribution in [0.1, 0.15) is 68.4 Å². The van der Waals surface area contributed by atoms with E-state index in [4.69, 9.17) is 4.74 Å². The first-order valence-electron chi connectivity index (χ1n) is 11.7. The second-order valence-corrected chi connectivity index (χ2v) is 9.86. The Bertz CT molecular complexity index is 1380. The Morgan fingerprint density at radius 3 is 2.69 bits per heavy atom. The summed E-state index contributed by atoms with van der Waals surface area (Å²) < 4.78 is 8.18. The number of amides is 2. The van der Waals surface area contributed by atoms with Crippen molar-refractivity contribution in [2.75, 3.05) is 5.32 Å². The van der Waals surface area contributed by atoms with Crippen LogP contribution < -0.4 is 15.4 Å². The van der Waals surface area contributed by atoms with Crippen LogP contribution in [0.15, 0.2) is 55.0 Å². The standard InChI is InChI=1S/C26H29N7O2/c1-16-28-22(26(2,3)4)13-23(29-16)31-25(34)30-20-10-11-21(19-8-6-5-7-18(19)20)35-17-9-12-24-32-27-15-33(24)14-17/h5-9,12-15,20-21H,10-11H2,1-4H3,(H2,28,29,30,31,34). The molecule has 9 nitrogen and oxygen atoms in total. The lowest BCUT2D eigenvalue weighted by molar-refractivity contribution is 0.171. The summed E-state index contributed by atoms with van der Waals surface area (Å²) in [6.45, 7) is 8.08. The van der Waals surface area contributed by atoms with Crippen LogP contribution in [-0.4, -0.2) is 30.6 Å². The first kappa shape index (κ1) is 22.8. The Morgan fingerprint density at radius 1 is 1.09 bits per heavy atom. The third-order valence-corrected chi connectivity index (χ3v) is 6.13. The SMILES string of the molecule is Cc1nc(NC(=O)NC2CCC(Oc3ccc4nncn4c3)c3ccccc32)cc(C(C)(C)C)n1. The zero-order valence-electron chi connectivity index (χ0n) is 20.3. The monoisotopic (exact) mass is 471 g/mol. The van der Waals surface area contributed by atoms with E-state index in [9.17, 15) is 4.79 Å². The fraction of sp³-hybridized carbons (Fsp3) is 0.346. The highest BCUT2D eigenvalue weighted by atomic mass is 16.5. The molecule has 0 bridgehead atoms. The number of urea groups is 1. The van der Waals surface area contributed by atoms with Gasteiger partial charge in [0.15, 0.2) is 5.65 Å². The number of pyridine rings is 1. The van der Waals surface area contributed by atoms with Gasteiger partial charge >= 0.3 is 6.03 Å². The number of nitrogens with zero attached hydrogens (tertiary/aromatic N) is 5. The summed E-state index contributed by atoms with van der Waals surface area (Å²) in [6, 6.07) is 13.3. The zero-order chi connectivity index (χ0) is 24.6. The van der Waals surface area contributed by atoms with E-state index in [1.807, 2.05) is 53.9 Å². The molecule has 0 aliphatic heterocycles. The van der Waals surface area contributed by atoms with Crippen LogP contribution in [-0.2, 0) is 5.41 Å². The van der Waals surface area contributed by atoms with Crippen molar-refractivity contribution in [2.45, 2.75) is 58.1 Å². The molecule has 3 heterocycles. The van der Waals surface area contributed by atoms with E-state index in [2.05, 4.69) is 57.6 Å². The van der Waals surface area contributed by atoms with Gasteiger partial charge in [-0.15, -0.1) is 10.2 Å². The highest BCUT2D eigenvalue weighted by Gasteiger charge is 2.29. The van der Waals surface area contributed by atoms with Crippen LogP contribution >= 0.6 is 0 Å². The second-order valence-electron chi connectivity index (χ2n) is 9.86. The Hall–Kier alpha value is -4.01. The lowest BCUT2D eigenvalue weighted by Crippen LogP contribution is -2.36. The molecule has 0 saturated carbocycles. The van der Waals surface area contributed by atoms with Crippen LogP contribution in [0.25, 0.3) is 5.65 Å². The third-order valence-electron chi connectivity index (χ3n) is 6.13. The molecular weight excluding hydrogens is 442 g/mol. The number of carbonyl (C=O) groups is 1. The van der Waals surface area contributed by atoms with E-state index in [1.165, 1.54) is 0 Å². The largest absolute Gasteiger partial charge is 0.484 e. The molecule has 1 aliphatic carbocycles. The van der Waals surface area contributed by atoms with Gasteiger partial charge in [-0.3, -0.25) is 9.72 Å². The number of fused-ring (bicyclic) bond motifs is 2. The van der Waals surface area contributed by atoms with E-state index in [-0.39, 0.29) is 23.6 Å². The summed E-state index contributed by atoms with van der Waals surface area (Å²) >= 11 is 0. The van der Waals surface area contributed by atoms with Crippen molar-refractivity contribution in [3.63, 3.8) is 0 Å². The van der Waals surface area contributed by atoms with Crippen LogP contribution in [0.3, 0.4) is 0 Å². The maximum absolute atomic E-state index is 12.9. The number of carbonyl (C=O) groups excluding carboxylic acids is 1. The predicted molar refractivity (Wildman–Crippen MR) is 132 cm³/mol. The Kier molecular flexibility index (Phi) is 5.84. The molecule has 35 heavy (non-hydrogen) atoms. The summed E-state index contributed by atoms with van der Waals surface area (Å²) in [7, 11) is 0. The number of benzene rings is 1. The third kappa shape index (κ3) is 4.94. The Morgan fingerprint density at radius 2 is 1.89 bits per heavy atom. The van der Waals surface area contributed by atoms with E-state index in [1.54, 1.807) is 6.33 Å². The minimum Gasteiger partial charge on any atom is -0.484 e. The summed E-state index contributed by atoms with van der Waals surface area (Å²) in [5.41, 5.74) is 3.63. The van der Waals surface area contributed by atoms with Crippen LogP contribution in [0.2, 0.25) is 0 Å². The number of aryl methyl sites for hydroxylation is 1. The van der Waals surface area contributed by atoms with Crippen molar-refractivity contribution in [3.8, 4) is 5.75 Å². The van der Waals surface area contributed by atoms with E-state index < -0.39 is 0 Å². The fourth-order valence-corrected chi connectivity index (χ4v) is 4.39. The van der Waals surface area contributed by atoms with Crippen molar-refractivity contribution in [3.05, 3.63) is 77.6 Å². The number of rotatable bonds is 4. The minimum atomic E-state index is -0.291. The van der Waals surface area contributed by atoms with Gasteiger partial charge in [-0.1, -0.05) is 45.0 Å². The highest BCUT2D eigenvalue weighted by molar-refractivity contribution is 5.88. The number of hydrogen-bond acceptors (Lipinski definition) is 6. The summed E-state index contributed by atoms with van der Waals surface area (Å²) in [5, 5.41) is 14.0. The molecule has 9 heteroatoms. The molecule has 2 unspecified atom stereocenters. The van der Waals surface area contributed by atoms with Crippen molar-refractivity contribution < 1.29 is 9.53 Å². The molecular formula is C26H29N7O2. The maximum atomic E-state index is 12.9. The summed E-state index contributed by atoms with van der Waals surface area (Å²) in [5.74, 6) is 1.87. The highest BCUT2D eigenvalue weighted by Crippen LogP contribution is 2.38. The zero-order valence-corrected chi connectivity index (χ0v) is 20.3. The van der Waals surface area contributed by atoms with Gasteiger partial charge in [-0.05, 0) is 43.0 Å². The van der Waals surface area contributed by atoms with Crippen LogP contribution in [0, 0.1) is 6.92 Å². The molecule has 180 valence electrons. The minimum absolute atomic E-state index is 0.111. The molecule has 0 fully saturated rings. The summed E-state index contributed by atoms with van der Waals surface area (Å²) in [4.78, 5) is 21.8. The first-order valence-corrected chi connectivity index (χ1v) is 11.7. The fourth-order valence-electron chi connectivity index (χ4n) is 4.39. The van der Waals surface area contributed by atoms with Crippen molar-refractivity contribution in [2.24, 2.45) is 0 Å². The molecule has 3 aromatic heterocycles. The first-order chi connectivity index (χ1) is 16.8. The number of hydrogen-bond donors (Lipinski definition) is 2. The van der Waals surface area contributed by atoms with Gasteiger partial charge in [0.05, 0.1) is 17.9 Å². The van der Waals surface area contributed by atoms with Gasteiger partial charge in [0.2, 0.25) is 0 Å². The number of anilines is 1. The molecule has 0 spiro atoms. The van der Waals surface area contributed by atoms with Crippen molar-refractivity contribution >= 4 is 17.5 Å². The Labute approximate surface area is 204 Å². The predicted octanol–water partition coefficient (Wildman–Crippen LogP) is 4.90. The van der Waals surface area contributed by atoms with Gasteiger partial charge in [-0.25, -0.2) is 14.8 Å². The Balaban J connectivity index is 1.31.